The van der Waals surface area contributed by atoms with Crippen molar-refractivity contribution in [1.29, 1.82) is 0 Å². The number of rotatable bonds is 3. The van der Waals surface area contributed by atoms with Gasteiger partial charge in [-0.05, 0) is 46.3 Å². The number of halogens is 2. The molecular weight excluding hydrogens is 333 g/mol. The Morgan fingerprint density at radius 2 is 2.21 bits per heavy atom. The largest absolute Gasteiger partial charge is 0.409 e. The SMILES string of the molecule is NC(=NO)c1cc(F)ccc1Sc1ncccc1Br. The predicted molar refractivity (Wildman–Crippen MR) is 75.0 cm³/mol. The van der Waals surface area contributed by atoms with Gasteiger partial charge in [-0.2, -0.15) is 0 Å². The normalized spacial score (nSPS) is 11.6. The van der Waals surface area contributed by atoms with Crippen LogP contribution >= 0.6 is 27.7 Å². The first kappa shape index (κ1) is 13.8. The quantitative estimate of drug-likeness (QED) is 0.389. The molecule has 0 aliphatic heterocycles. The van der Waals surface area contributed by atoms with E-state index in [1.807, 2.05) is 6.07 Å². The summed E-state index contributed by atoms with van der Waals surface area (Å²) < 4.78 is 14.1. The molecule has 7 heteroatoms. The second kappa shape index (κ2) is 6.03. The zero-order valence-electron chi connectivity index (χ0n) is 9.55. The summed E-state index contributed by atoms with van der Waals surface area (Å²) in [4.78, 5) is 4.85. The summed E-state index contributed by atoms with van der Waals surface area (Å²) in [5.74, 6) is -0.597. The maximum atomic E-state index is 13.2. The molecule has 0 aliphatic rings. The van der Waals surface area contributed by atoms with Crippen LogP contribution in [0.4, 0.5) is 4.39 Å². The van der Waals surface area contributed by atoms with Gasteiger partial charge in [0.05, 0.1) is 4.47 Å². The highest BCUT2D eigenvalue weighted by molar-refractivity contribution is 9.10. The van der Waals surface area contributed by atoms with Crippen molar-refractivity contribution < 1.29 is 9.60 Å². The number of hydrogen-bond acceptors (Lipinski definition) is 4. The third kappa shape index (κ3) is 3.24. The highest BCUT2D eigenvalue weighted by Crippen LogP contribution is 2.33. The number of oxime groups is 1. The van der Waals surface area contributed by atoms with E-state index in [-0.39, 0.29) is 5.84 Å². The van der Waals surface area contributed by atoms with E-state index < -0.39 is 5.82 Å². The lowest BCUT2D eigenvalue weighted by Gasteiger charge is -2.08. The van der Waals surface area contributed by atoms with Gasteiger partial charge >= 0.3 is 0 Å². The highest BCUT2D eigenvalue weighted by atomic mass is 79.9. The first-order valence-corrected chi connectivity index (χ1v) is 6.78. The van der Waals surface area contributed by atoms with Gasteiger partial charge in [-0.3, -0.25) is 0 Å². The third-order valence-electron chi connectivity index (χ3n) is 2.26. The molecule has 1 aromatic carbocycles. The molecule has 0 spiro atoms. The minimum atomic E-state index is -0.453. The van der Waals surface area contributed by atoms with E-state index in [4.69, 9.17) is 10.9 Å². The monoisotopic (exact) mass is 341 g/mol. The molecule has 2 aromatic rings. The van der Waals surface area contributed by atoms with Crippen LogP contribution in [0.15, 0.2) is 56.1 Å². The maximum Gasteiger partial charge on any atom is 0.171 e. The van der Waals surface area contributed by atoms with Gasteiger partial charge in [-0.15, -0.1) is 0 Å². The van der Waals surface area contributed by atoms with Gasteiger partial charge < -0.3 is 10.9 Å². The number of nitrogens with two attached hydrogens (primary N) is 1. The molecule has 0 bridgehead atoms. The van der Waals surface area contributed by atoms with Crippen molar-refractivity contribution >= 4 is 33.5 Å². The Hall–Kier alpha value is -1.60. The number of hydrogen-bond donors (Lipinski definition) is 2. The lowest BCUT2D eigenvalue weighted by Crippen LogP contribution is -2.14. The highest BCUT2D eigenvalue weighted by Gasteiger charge is 2.12. The van der Waals surface area contributed by atoms with E-state index in [1.165, 1.54) is 23.9 Å². The summed E-state index contributed by atoms with van der Waals surface area (Å²) in [6.45, 7) is 0. The zero-order chi connectivity index (χ0) is 13.8. The minimum Gasteiger partial charge on any atom is -0.409 e. The van der Waals surface area contributed by atoms with Crippen LogP contribution in [-0.2, 0) is 0 Å². The summed E-state index contributed by atoms with van der Waals surface area (Å²) in [5.41, 5.74) is 5.87. The van der Waals surface area contributed by atoms with Crippen molar-refractivity contribution in [3.8, 4) is 0 Å². The van der Waals surface area contributed by atoms with E-state index in [0.717, 1.165) is 4.47 Å². The molecule has 4 nitrogen and oxygen atoms in total. The van der Waals surface area contributed by atoms with Crippen LogP contribution in [0.2, 0.25) is 0 Å². The average Bonchev–Trinajstić information content (AvgIpc) is 2.42. The van der Waals surface area contributed by atoms with Gasteiger partial charge in [0.15, 0.2) is 5.84 Å². The fraction of sp³-hybridized carbons (Fsp3) is 0. The van der Waals surface area contributed by atoms with Gasteiger partial charge in [-0.1, -0.05) is 16.9 Å². The molecule has 3 N–H and O–H groups in total. The molecule has 98 valence electrons. The number of aromatic nitrogens is 1. The fourth-order valence-electron chi connectivity index (χ4n) is 1.40. The molecule has 1 aromatic heterocycles. The molecule has 1 heterocycles. The van der Waals surface area contributed by atoms with Crippen LogP contribution in [0.5, 0.6) is 0 Å². The van der Waals surface area contributed by atoms with Crippen LogP contribution < -0.4 is 5.73 Å². The molecule has 0 atom stereocenters. The lowest BCUT2D eigenvalue weighted by molar-refractivity contribution is 0.318. The van der Waals surface area contributed by atoms with Gasteiger partial charge in [0.2, 0.25) is 0 Å². The molecule has 0 aliphatic carbocycles. The maximum absolute atomic E-state index is 13.2. The first-order chi connectivity index (χ1) is 9.11. The van der Waals surface area contributed by atoms with Crippen molar-refractivity contribution in [3.63, 3.8) is 0 Å². The molecule has 2 rings (SSSR count). The Kier molecular flexibility index (Phi) is 4.39. The Balaban J connectivity index is 2.43. The van der Waals surface area contributed by atoms with Crippen molar-refractivity contribution in [2.75, 3.05) is 0 Å². The number of pyridine rings is 1. The average molecular weight is 342 g/mol. The Morgan fingerprint density at radius 1 is 1.42 bits per heavy atom. The number of amidine groups is 1. The second-order valence-corrected chi connectivity index (χ2v) is 5.40. The Labute approximate surface area is 121 Å². The van der Waals surface area contributed by atoms with E-state index >= 15 is 0 Å². The van der Waals surface area contributed by atoms with E-state index in [9.17, 15) is 4.39 Å². The summed E-state index contributed by atoms with van der Waals surface area (Å²) in [6, 6.07) is 7.74. The summed E-state index contributed by atoms with van der Waals surface area (Å²) in [5, 5.41) is 12.3. The summed E-state index contributed by atoms with van der Waals surface area (Å²) in [7, 11) is 0. The van der Waals surface area contributed by atoms with E-state index in [0.29, 0.717) is 15.5 Å². The standard InChI is InChI=1S/C12H9BrFN3OS/c13-9-2-1-5-16-12(9)19-10-4-3-7(14)6-8(10)11(15)17-18/h1-6,18H,(H2,15,17). The van der Waals surface area contributed by atoms with E-state index in [1.54, 1.807) is 18.3 Å². The van der Waals surface area contributed by atoms with Crippen LogP contribution in [0.1, 0.15) is 5.56 Å². The van der Waals surface area contributed by atoms with Crippen LogP contribution in [0, 0.1) is 5.82 Å². The van der Waals surface area contributed by atoms with Crippen LogP contribution in [-0.4, -0.2) is 16.0 Å². The molecular formula is C12H9BrFN3OS. The van der Waals surface area contributed by atoms with Gasteiger partial charge in [0.25, 0.3) is 0 Å². The second-order valence-electron chi connectivity index (χ2n) is 3.52. The minimum absolute atomic E-state index is 0.144. The molecule has 19 heavy (non-hydrogen) atoms. The Morgan fingerprint density at radius 3 is 2.89 bits per heavy atom. The topological polar surface area (TPSA) is 71.5 Å². The van der Waals surface area contributed by atoms with Gasteiger partial charge in [-0.25, -0.2) is 9.37 Å². The molecule has 0 radical (unpaired) electrons. The molecule has 0 saturated carbocycles. The summed E-state index contributed by atoms with van der Waals surface area (Å²) in [6.07, 6.45) is 1.65. The van der Waals surface area contributed by atoms with Crippen molar-refractivity contribution in [2.24, 2.45) is 10.9 Å². The van der Waals surface area contributed by atoms with Crippen LogP contribution in [0.3, 0.4) is 0 Å². The zero-order valence-corrected chi connectivity index (χ0v) is 11.9. The molecule has 0 unspecified atom stereocenters. The van der Waals surface area contributed by atoms with Gasteiger partial charge in [0.1, 0.15) is 10.8 Å². The fourth-order valence-corrected chi connectivity index (χ4v) is 2.79. The van der Waals surface area contributed by atoms with Crippen molar-refractivity contribution in [3.05, 3.63) is 52.4 Å². The molecule has 0 amide bonds. The summed E-state index contributed by atoms with van der Waals surface area (Å²) >= 11 is 4.68. The van der Waals surface area contributed by atoms with Crippen molar-refractivity contribution in [2.45, 2.75) is 9.92 Å². The van der Waals surface area contributed by atoms with Gasteiger partial charge in [0, 0.05) is 16.7 Å². The first-order valence-electron chi connectivity index (χ1n) is 5.17. The lowest BCUT2D eigenvalue weighted by atomic mass is 10.2. The van der Waals surface area contributed by atoms with Crippen molar-refractivity contribution in [1.82, 2.24) is 4.98 Å². The van der Waals surface area contributed by atoms with Crippen LogP contribution in [0.25, 0.3) is 0 Å². The van der Waals surface area contributed by atoms with E-state index in [2.05, 4.69) is 26.1 Å². The predicted octanol–water partition coefficient (Wildman–Crippen LogP) is 3.23. The number of nitrogens with zero attached hydrogens (tertiary/aromatic N) is 2. The number of benzene rings is 1. The third-order valence-corrected chi connectivity index (χ3v) is 4.25. The Bertz CT molecular complexity index is 636. The smallest absolute Gasteiger partial charge is 0.171 e. The molecule has 0 fully saturated rings. The molecule has 0 saturated heterocycles.